The van der Waals surface area contributed by atoms with Crippen LogP contribution in [0.2, 0.25) is 0 Å². The van der Waals surface area contributed by atoms with Crippen LogP contribution in [0.5, 0.6) is 0 Å². The van der Waals surface area contributed by atoms with Crippen LogP contribution in [-0.4, -0.2) is 99.3 Å². The fraction of sp³-hybridized carbons (Fsp3) is 0.700. The Labute approximate surface area is 275 Å². The molecular weight excluding hydrogens is 647 g/mol. The van der Waals surface area contributed by atoms with E-state index in [1.54, 1.807) is 18.9 Å². The average Bonchev–Trinajstić information content (AvgIpc) is 3.46. The van der Waals surface area contributed by atoms with Gasteiger partial charge in [0.2, 0.25) is 11.8 Å². The largest absolute Gasteiger partial charge is 0.469 e. The fourth-order valence-corrected chi connectivity index (χ4v) is 7.11. The maximum absolute atomic E-state index is 13.4. The van der Waals surface area contributed by atoms with E-state index < -0.39 is 53.7 Å². The van der Waals surface area contributed by atoms with Gasteiger partial charge in [0.1, 0.15) is 16.9 Å². The zero-order chi connectivity index (χ0) is 34.2. The molecule has 16 heteroatoms. The number of amides is 2. The lowest BCUT2D eigenvalue weighted by Crippen LogP contribution is -2.45. The zero-order valence-corrected chi connectivity index (χ0v) is 28.5. The third-order valence-electron chi connectivity index (χ3n) is 7.89. The molecule has 5 atom stereocenters. The summed E-state index contributed by atoms with van der Waals surface area (Å²) in [5, 5.41) is 3.31. The number of ether oxygens (including phenoxy) is 2. The smallest absolute Gasteiger partial charge is 0.419 e. The summed E-state index contributed by atoms with van der Waals surface area (Å²) in [6, 6.07) is -1.81. The van der Waals surface area contributed by atoms with Gasteiger partial charge in [0.05, 0.1) is 18.6 Å². The average molecular weight is 690 g/mol. The van der Waals surface area contributed by atoms with Gasteiger partial charge in [-0.05, 0) is 29.8 Å². The van der Waals surface area contributed by atoms with Crippen LogP contribution in [0.3, 0.4) is 0 Å². The van der Waals surface area contributed by atoms with E-state index in [1.807, 2.05) is 25.6 Å². The van der Waals surface area contributed by atoms with E-state index in [0.717, 1.165) is 11.5 Å². The number of methoxy groups -OCH3 is 1. The first kappa shape index (κ1) is 37.6. The number of nitrogens with one attached hydrogen (secondary N) is 1. The Morgan fingerprint density at radius 1 is 1.09 bits per heavy atom. The molecule has 11 nitrogen and oxygen atoms in total. The molecule has 0 saturated carbocycles. The summed E-state index contributed by atoms with van der Waals surface area (Å²) in [7, 11) is 3.00. The highest BCUT2D eigenvalue weighted by atomic mass is 32.2. The Kier molecular flexibility index (Phi) is 13.7. The first-order chi connectivity index (χ1) is 21.6. The SMILES string of the molecule is COC(=O)[C@@H](C)C[C@H](Cc1ncc(C(F)(F)F)cn1)NC(=O)C1CSC([C@@H](CC(C(C)C)N(C)C(=O)CC2CSC2)OC(C)=O)=N1. The topological polar surface area (TPSA) is 140 Å². The fourth-order valence-electron chi connectivity index (χ4n) is 5.22. The number of alkyl halides is 3. The van der Waals surface area contributed by atoms with E-state index >= 15 is 0 Å². The Morgan fingerprint density at radius 3 is 2.26 bits per heavy atom. The van der Waals surface area contributed by atoms with Crippen LogP contribution < -0.4 is 5.32 Å². The van der Waals surface area contributed by atoms with Gasteiger partial charge in [0.25, 0.3) is 0 Å². The van der Waals surface area contributed by atoms with Crippen LogP contribution in [0.1, 0.15) is 58.3 Å². The van der Waals surface area contributed by atoms with Gasteiger partial charge in [0, 0.05) is 63.5 Å². The molecule has 1 N–H and O–H groups in total. The van der Waals surface area contributed by atoms with Crippen molar-refractivity contribution < 1.29 is 41.8 Å². The van der Waals surface area contributed by atoms with Crippen LogP contribution in [-0.2, 0) is 41.2 Å². The molecule has 2 amide bonds. The number of carbonyl (C=O) groups excluding carboxylic acids is 4. The van der Waals surface area contributed by atoms with E-state index in [9.17, 15) is 32.3 Å². The van der Waals surface area contributed by atoms with Gasteiger partial charge in [-0.3, -0.25) is 24.2 Å². The summed E-state index contributed by atoms with van der Waals surface area (Å²) < 4.78 is 49.4. The van der Waals surface area contributed by atoms with Crippen molar-refractivity contribution >= 4 is 52.3 Å². The lowest BCUT2D eigenvalue weighted by molar-refractivity contribution is -0.146. The summed E-state index contributed by atoms with van der Waals surface area (Å²) >= 11 is 3.10. The predicted molar refractivity (Wildman–Crippen MR) is 169 cm³/mol. The molecule has 46 heavy (non-hydrogen) atoms. The molecule has 1 aromatic rings. The molecule has 0 bridgehead atoms. The summed E-state index contributed by atoms with van der Waals surface area (Å²) in [4.78, 5) is 64.6. The third-order valence-corrected chi connectivity index (χ3v) is 10.5. The number of halogens is 3. The first-order valence-corrected chi connectivity index (χ1v) is 17.2. The predicted octanol–water partition coefficient (Wildman–Crippen LogP) is 3.79. The number of esters is 2. The standard InChI is InChI=1S/C30H42F3N5O6S2/c1-16(2)23(38(5)26(40)8-19-13-45-14-19)10-24(44-18(4)39)28-37-22(15-46-28)27(41)36-21(7-17(3)29(42)43-6)9-25-34-11-20(12-35-25)30(31,32)33/h11-12,16-17,19,21-24H,7-10,13-15H2,1-6H3,(H,36,41)/t17-,21+,22?,23?,24+/m0/s1. The van der Waals surface area contributed by atoms with E-state index in [-0.39, 0.29) is 42.3 Å². The lowest BCUT2D eigenvalue weighted by Gasteiger charge is -2.35. The third kappa shape index (κ3) is 10.8. The number of thioether (sulfide) groups is 2. The highest BCUT2D eigenvalue weighted by molar-refractivity contribution is 8.14. The van der Waals surface area contributed by atoms with Crippen LogP contribution in [0.15, 0.2) is 17.4 Å². The molecule has 0 aliphatic carbocycles. The number of aliphatic imine (C=N–C) groups is 1. The van der Waals surface area contributed by atoms with Gasteiger partial charge in [-0.15, -0.1) is 11.8 Å². The molecule has 1 aromatic heterocycles. The van der Waals surface area contributed by atoms with Crippen LogP contribution >= 0.6 is 23.5 Å². The van der Waals surface area contributed by atoms with Crippen molar-refractivity contribution in [2.24, 2.45) is 22.7 Å². The zero-order valence-electron chi connectivity index (χ0n) is 26.8. The molecule has 1 saturated heterocycles. The van der Waals surface area contributed by atoms with Gasteiger partial charge in [-0.1, -0.05) is 20.8 Å². The monoisotopic (exact) mass is 689 g/mol. The highest BCUT2D eigenvalue weighted by Crippen LogP contribution is 2.31. The number of carbonyl (C=O) groups is 4. The molecule has 0 radical (unpaired) electrons. The van der Waals surface area contributed by atoms with Gasteiger partial charge >= 0.3 is 18.1 Å². The minimum Gasteiger partial charge on any atom is -0.469 e. The van der Waals surface area contributed by atoms with Crippen molar-refractivity contribution in [3.8, 4) is 0 Å². The minimum absolute atomic E-state index is 0.0340. The molecule has 0 aromatic carbocycles. The number of hydrogen-bond acceptors (Lipinski definition) is 11. The van der Waals surface area contributed by atoms with Crippen molar-refractivity contribution in [3.05, 3.63) is 23.8 Å². The summed E-state index contributed by atoms with van der Waals surface area (Å²) in [6.07, 6.45) is -3.16. The number of aromatic nitrogens is 2. The Balaban J connectivity index is 1.75. The Bertz CT molecular complexity index is 1260. The first-order valence-electron chi connectivity index (χ1n) is 15.1. The second-order valence-electron chi connectivity index (χ2n) is 12.0. The van der Waals surface area contributed by atoms with Crippen molar-refractivity contribution in [2.45, 2.75) is 83.8 Å². The summed E-state index contributed by atoms with van der Waals surface area (Å²) in [6.45, 7) is 6.89. The van der Waals surface area contributed by atoms with E-state index in [1.165, 1.54) is 25.8 Å². The second-order valence-corrected chi connectivity index (χ2v) is 14.1. The van der Waals surface area contributed by atoms with Crippen molar-refractivity contribution in [2.75, 3.05) is 31.4 Å². The van der Waals surface area contributed by atoms with Gasteiger partial charge in [-0.25, -0.2) is 9.97 Å². The van der Waals surface area contributed by atoms with E-state index in [2.05, 4.69) is 20.3 Å². The molecule has 2 aliphatic rings. The van der Waals surface area contributed by atoms with Crippen molar-refractivity contribution in [1.29, 1.82) is 0 Å². The van der Waals surface area contributed by atoms with Crippen LogP contribution in [0, 0.1) is 17.8 Å². The van der Waals surface area contributed by atoms with E-state index in [0.29, 0.717) is 36.2 Å². The highest BCUT2D eigenvalue weighted by Gasteiger charge is 2.37. The number of rotatable bonds is 15. The van der Waals surface area contributed by atoms with Gasteiger partial charge in [0.15, 0.2) is 6.10 Å². The molecule has 3 rings (SSSR count). The number of nitrogens with zero attached hydrogens (tertiary/aromatic N) is 4. The van der Waals surface area contributed by atoms with E-state index in [4.69, 9.17) is 9.47 Å². The number of hydrogen-bond donors (Lipinski definition) is 1. The quantitative estimate of drug-likeness (QED) is 0.271. The maximum atomic E-state index is 13.4. The van der Waals surface area contributed by atoms with Gasteiger partial charge in [-0.2, -0.15) is 24.9 Å². The molecule has 2 unspecified atom stereocenters. The Hall–Kier alpha value is -2.88. The normalized spacial score (nSPS) is 19.3. The minimum atomic E-state index is -4.60. The van der Waals surface area contributed by atoms with Crippen LogP contribution in [0.25, 0.3) is 0 Å². The molecule has 2 aliphatic heterocycles. The van der Waals surface area contributed by atoms with Gasteiger partial charge < -0.3 is 19.7 Å². The molecule has 1 fully saturated rings. The summed E-state index contributed by atoms with van der Waals surface area (Å²) in [5.41, 5.74) is -1.00. The molecular formula is C30H42F3N5O6S2. The van der Waals surface area contributed by atoms with Crippen LogP contribution in [0.4, 0.5) is 13.2 Å². The Morgan fingerprint density at radius 2 is 1.74 bits per heavy atom. The van der Waals surface area contributed by atoms with Crippen molar-refractivity contribution in [1.82, 2.24) is 20.2 Å². The maximum Gasteiger partial charge on any atom is 0.419 e. The second kappa shape index (κ2) is 16.8. The summed E-state index contributed by atoms with van der Waals surface area (Å²) in [5.74, 6) is 0.594. The van der Waals surface area contributed by atoms with Crippen molar-refractivity contribution in [3.63, 3.8) is 0 Å². The molecule has 256 valence electrons. The lowest BCUT2D eigenvalue weighted by atomic mass is 9.95. The molecule has 3 heterocycles. The molecule has 0 spiro atoms.